The maximum atomic E-state index is 14.2. The third kappa shape index (κ3) is 3.14. The predicted molar refractivity (Wildman–Crippen MR) is 77.5 cm³/mol. The molecule has 0 aliphatic rings. The largest absolute Gasteiger partial charge is 0.497 e. The van der Waals surface area contributed by atoms with Crippen LogP contribution in [0.4, 0.5) is 4.39 Å². The van der Waals surface area contributed by atoms with Crippen LogP contribution in [0.1, 0.15) is 29.0 Å². The van der Waals surface area contributed by atoms with Gasteiger partial charge < -0.3 is 10.1 Å². The highest BCUT2D eigenvalue weighted by molar-refractivity contribution is 7.10. The first-order valence-electron chi connectivity index (χ1n) is 6.27. The number of hydrogen-bond donors (Lipinski definition) is 1. The van der Waals surface area contributed by atoms with Gasteiger partial charge in [0.05, 0.1) is 13.2 Å². The average Bonchev–Trinajstić information content (AvgIpc) is 2.83. The predicted octanol–water partition coefficient (Wildman–Crippen LogP) is 3.90. The van der Waals surface area contributed by atoms with Gasteiger partial charge in [0, 0.05) is 16.5 Å². The molecule has 102 valence electrons. The minimum absolute atomic E-state index is 0.110. The first-order chi connectivity index (χ1) is 9.15. The van der Waals surface area contributed by atoms with Crippen LogP contribution in [0.3, 0.4) is 0 Å². The van der Waals surface area contributed by atoms with Crippen molar-refractivity contribution >= 4 is 11.3 Å². The van der Waals surface area contributed by atoms with Gasteiger partial charge in [-0.3, -0.25) is 0 Å². The van der Waals surface area contributed by atoms with E-state index in [0.717, 1.165) is 12.1 Å². The SMILES string of the molecule is CCNC(c1csc(C)c1)c1ccc(OC)cc1F. The topological polar surface area (TPSA) is 21.3 Å². The number of aryl methyl sites for hydroxylation is 1. The zero-order valence-corrected chi connectivity index (χ0v) is 12.2. The highest BCUT2D eigenvalue weighted by Gasteiger charge is 2.18. The number of thiophene rings is 1. The third-order valence-corrected chi connectivity index (χ3v) is 3.89. The lowest BCUT2D eigenvalue weighted by Gasteiger charge is -2.18. The molecule has 2 nitrogen and oxygen atoms in total. The number of benzene rings is 1. The summed E-state index contributed by atoms with van der Waals surface area (Å²) in [7, 11) is 1.54. The summed E-state index contributed by atoms with van der Waals surface area (Å²) in [6.07, 6.45) is 0. The first kappa shape index (κ1) is 14.0. The van der Waals surface area contributed by atoms with Crippen LogP contribution in [0.15, 0.2) is 29.6 Å². The van der Waals surface area contributed by atoms with E-state index in [-0.39, 0.29) is 11.9 Å². The highest BCUT2D eigenvalue weighted by Crippen LogP contribution is 2.29. The Balaban J connectivity index is 2.39. The highest BCUT2D eigenvalue weighted by atomic mass is 32.1. The minimum Gasteiger partial charge on any atom is -0.497 e. The van der Waals surface area contributed by atoms with Crippen molar-refractivity contribution in [2.45, 2.75) is 19.9 Å². The van der Waals surface area contributed by atoms with Gasteiger partial charge >= 0.3 is 0 Å². The molecule has 1 N–H and O–H groups in total. The summed E-state index contributed by atoms with van der Waals surface area (Å²) in [6.45, 7) is 4.86. The fourth-order valence-electron chi connectivity index (χ4n) is 2.10. The molecule has 0 saturated heterocycles. The van der Waals surface area contributed by atoms with Gasteiger partial charge in [0.15, 0.2) is 0 Å². The van der Waals surface area contributed by atoms with Crippen LogP contribution in [0.25, 0.3) is 0 Å². The minimum atomic E-state index is -0.242. The molecule has 0 bridgehead atoms. The molecule has 0 aliphatic heterocycles. The second-order valence-corrected chi connectivity index (χ2v) is 5.48. The Labute approximate surface area is 117 Å². The Hall–Kier alpha value is -1.39. The number of halogens is 1. The maximum absolute atomic E-state index is 14.2. The van der Waals surface area contributed by atoms with Crippen molar-refractivity contribution < 1.29 is 9.13 Å². The third-order valence-electron chi connectivity index (χ3n) is 3.01. The van der Waals surface area contributed by atoms with Crippen molar-refractivity contribution in [3.8, 4) is 5.75 Å². The fraction of sp³-hybridized carbons (Fsp3) is 0.333. The molecule has 0 radical (unpaired) electrons. The lowest BCUT2D eigenvalue weighted by molar-refractivity contribution is 0.410. The Morgan fingerprint density at radius 2 is 2.16 bits per heavy atom. The van der Waals surface area contributed by atoms with Crippen LogP contribution in [0.2, 0.25) is 0 Å². The molecule has 2 aromatic rings. The molecule has 0 saturated carbocycles. The van der Waals surface area contributed by atoms with Gasteiger partial charge in [-0.1, -0.05) is 13.0 Å². The lowest BCUT2D eigenvalue weighted by Crippen LogP contribution is -2.22. The van der Waals surface area contributed by atoms with Crippen LogP contribution in [-0.2, 0) is 0 Å². The summed E-state index contributed by atoms with van der Waals surface area (Å²) in [4.78, 5) is 1.23. The molecule has 0 aliphatic carbocycles. The van der Waals surface area contributed by atoms with Gasteiger partial charge in [0.25, 0.3) is 0 Å². The zero-order chi connectivity index (χ0) is 13.8. The second-order valence-electron chi connectivity index (χ2n) is 4.37. The van der Waals surface area contributed by atoms with E-state index in [1.807, 2.05) is 6.92 Å². The van der Waals surface area contributed by atoms with Crippen molar-refractivity contribution in [1.29, 1.82) is 0 Å². The van der Waals surface area contributed by atoms with Crippen LogP contribution in [0.5, 0.6) is 5.75 Å². The van der Waals surface area contributed by atoms with Gasteiger partial charge in [-0.05, 0) is 36.5 Å². The van der Waals surface area contributed by atoms with Crippen molar-refractivity contribution in [1.82, 2.24) is 5.32 Å². The molecule has 19 heavy (non-hydrogen) atoms. The standard InChI is InChI=1S/C15H18FNOS/c1-4-17-15(11-7-10(2)19-9-11)13-6-5-12(18-3)8-14(13)16/h5-9,15,17H,4H2,1-3H3. The van der Waals surface area contributed by atoms with E-state index in [4.69, 9.17) is 4.74 Å². The smallest absolute Gasteiger partial charge is 0.132 e. The van der Waals surface area contributed by atoms with Gasteiger partial charge in [0.2, 0.25) is 0 Å². The molecule has 1 atom stereocenters. The summed E-state index contributed by atoms with van der Waals surface area (Å²) in [5.74, 6) is 0.298. The Kier molecular flexibility index (Phi) is 4.56. The normalized spacial score (nSPS) is 12.4. The van der Waals surface area contributed by atoms with E-state index in [0.29, 0.717) is 11.3 Å². The first-order valence-corrected chi connectivity index (χ1v) is 7.15. The number of hydrogen-bond acceptors (Lipinski definition) is 3. The van der Waals surface area contributed by atoms with Crippen molar-refractivity contribution in [2.75, 3.05) is 13.7 Å². The monoisotopic (exact) mass is 279 g/mol. The van der Waals surface area contributed by atoms with E-state index in [9.17, 15) is 4.39 Å². The average molecular weight is 279 g/mol. The number of nitrogens with one attached hydrogen (secondary N) is 1. The van der Waals surface area contributed by atoms with Gasteiger partial charge in [-0.2, -0.15) is 0 Å². The fourth-order valence-corrected chi connectivity index (χ4v) is 2.83. The molecular formula is C15H18FNOS. The number of rotatable bonds is 5. The molecule has 1 aromatic carbocycles. The number of ether oxygens (including phenoxy) is 1. The molecule has 0 spiro atoms. The molecule has 1 aromatic heterocycles. The van der Waals surface area contributed by atoms with Crippen molar-refractivity contribution in [2.24, 2.45) is 0 Å². The molecule has 4 heteroatoms. The Morgan fingerprint density at radius 3 is 2.68 bits per heavy atom. The summed E-state index contributed by atoms with van der Waals surface area (Å²) >= 11 is 1.68. The molecule has 1 heterocycles. The van der Waals surface area contributed by atoms with Gasteiger partial charge in [-0.25, -0.2) is 4.39 Å². The maximum Gasteiger partial charge on any atom is 0.132 e. The van der Waals surface area contributed by atoms with E-state index < -0.39 is 0 Å². The number of methoxy groups -OCH3 is 1. The van der Waals surface area contributed by atoms with Crippen molar-refractivity contribution in [3.63, 3.8) is 0 Å². The summed E-state index contributed by atoms with van der Waals surface area (Å²) in [5, 5.41) is 5.41. The molecular weight excluding hydrogens is 261 g/mol. The molecule has 0 fully saturated rings. The van der Waals surface area contributed by atoms with Crippen LogP contribution in [-0.4, -0.2) is 13.7 Å². The molecule has 2 rings (SSSR count). The second kappa shape index (κ2) is 6.17. The summed E-state index contributed by atoms with van der Waals surface area (Å²) in [6, 6.07) is 7.00. The summed E-state index contributed by atoms with van der Waals surface area (Å²) < 4.78 is 19.2. The molecule has 1 unspecified atom stereocenters. The van der Waals surface area contributed by atoms with E-state index >= 15 is 0 Å². The lowest BCUT2D eigenvalue weighted by atomic mass is 10.00. The van der Waals surface area contributed by atoms with E-state index in [1.54, 1.807) is 30.6 Å². The van der Waals surface area contributed by atoms with Gasteiger partial charge in [-0.15, -0.1) is 11.3 Å². The van der Waals surface area contributed by atoms with Crippen LogP contribution >= 0.6 is 11.3 Å². The molecule has 0 amide bonds. The van der Waals surface area contributed by atoms with Crippen LogP contribution < -0.4 is 10.1 Å². The van der Waals surface area contributed by atoms with Gasteiger partial charge in [0.1, 0.15) is 11.6 Å². The summed E-state index contributed by atoms with van der Waals surface area (Å²) in [5.41, 5.74) is 1.76. The Morgan fingerprint density at radius 1 is 1.37 bits per heavy atom. The quantitative estimate of drug-likeness (QED) is 0.896. The van der Waals surface area contributed by atoms with Crippen molar-refractivity contribution in [3.05, 3.63) is 51.5 Å². The zero-order valence-electron chi connectivity index (χ0n) is 11.4. The Bertz CT molecular complexity index is 553. The van der Waals surface area contributed by atoms with Crippen LogP contribution in [0, 0.1) is 12.7 Å². The van der Waals surface area contributed by atoms with E-state index in [1.165, 1.54) is 10.9 Å². The van der Waals surface area contributed by atoms with E-state index in [2.05, 4.69) is 23.7 Å².